The lowest BCUT2D eigenvalue weighted by Gasteiger charge is -1.98. The first kappa shape index (κ1) is 4.68. The second-order valence-corrected chi connectivity index (χ2v) is 1.85. The Balaban J connectivity index is 2.46. The van der Waals surface area contributed by atoms with Gasteiger partial charge in [-0.1, -0.05) is 0 Å². The van der Waals surface area contributed by atoms with Crippen molar-refractivity contribution in [3.63, 3.8) is 0 Å². The van der Waals surface area contributed by atoms with Crippen LogP contribution in [0.25, 0.3) is 0 Å². The number of fused-ring (bicyclic) bond motifs is 1. The molecule has 0 unspecified atom stereocenters. The van der Waals surface area contributed by atoms with Crippen molar-refractivity contribution in [1.29, 1.82) is 0 Å². The van der Waals surface area contributed by atoms with Crippen LogP contribution in [0.2, 0.25) is 0 Å². The smallest absolute Gasteiger partial charge is 0.143 e. The second kappa shape index (κ2) is 1.65. The maximum absolute atomic E-state index is 3.94. The molecule has 2 rings (SSSR count). The molecule has 2 aliphatic rings. The van der Waals surface area contributed by atoms with E-state index >= 15 is 0 Å². The monoisotopic (exact) mass is 116 g/mol. The van der Waals surface area contributed by atoms with Crippen molar-refractivity contribution in [2.45, 2.75) is 0 Å². The summed E-state index contributed by atoms with van der Waals surface area (Å²) in [6.45, 7) is 2.73. The van der Waals surface area contributed by atoms with E-state index in [1.807, 2.05) is 6.08 Å². The summed E-state index contributed by atoms with van der Waals surface area (Å²) >= 11 is 0. The maximum Gasteiger partial charge on any atom is 0.143 e. The molecule has 0 aromatic carbocycles. The summed E-state index contributed by atoms with van der Waals surface area (Å²) < 4.78 is 0. The van der Waals surface area contributed by atoms with Crippen molar-refractivity contribution in [1.82, 2.24) is 0 Å². The molecule has 42 valence electrons. The summed E-state index contributed by atoms with van der Waals surface area (Å²) in [6, 6.07) is 0. The molecule has 2 radical (unpaired) electrons. The summed E-state index contributed by atoms with van der Waals surface area (Å²) in [4.78, 5) is 7.76. The van der Waals surface area contributed by atoms with E-state index in [0.717, 1.165) is 11.1 Å². The van der Waals surface area contributed by atoms with Gasteiger partial charge < -0.3 is 0 Å². The van der Waals surface area contributed by atoms with Crippen molar-refractivity contribution in [3.8, 4) is 0 Å². The molecule has 0 aromatic rings. The zero-order valence-electron chi connectivity index (χ0n) is 4.70. The van der Waals surface area contributed by atoms with Crippen LogP contribution < -0.4 is 0 Å². The van der Waals surface area contributed by atoms with Crippen molar-refractivity contribution >= 4 is 12.4 Å². The van der Waals surface area contributed by atoms with Crippen LogP contribution in [-0.2, 0) is 0 Å². The Morgan fingerprint density at radius 3 is 3.11 bits per heavy atom. The SMILES string of the molecule is [C]1C=C2C=NC=C2C=N1. The molecule has 0 amide bonds. The molecule has 2 heteroatoms. The minimum Gasteiger partial charge on any atom is -0.276 e. The lowest BCUT2D eigenvalue weighted by molar-refractivity contribution is 1.39. The number of aliphatic imine (C=N–C) groups is 2. The molecule has 0 atom stereocenters. The number of allylic oxidation sites excluding steroid dienone is 2. The van der Waals surface area contributed by atoms with Gasteiger partial charge in [0.15, 0.2) is 0 Å². The summed E-state index contributed by atoms with van der Waals surface area (Å²) in [5.74, 6) is 0. The second-order valence-electron chi connectivity index (χ2n) is 1.85. The first-order valence-corrected chi connectivity index (χ1v) is 2.69. The van der Waals surface area contributed by atoms with E-state index in [1.165, 1.54) is 0 Å². The third-order valence-corrected chi connectivity index (χ3v) is 1.26. The van der Waals surface area contributed by atoms with E-state index in [0.29, 0.717) is 0 Å². The molecule has 0 N–H and O–H groups in total. The van der Waals surface area contributed by atoms with Gasteiger partial charge >= 0.3 is 0 Å². The Kier molecular flexibility index (Phi) is 0.859. The average Bonchev–Trinajstić information content (AvgIpc) is 2.33. The minimum absolute atomic E-state index is 1.08. The molecule has 0 bridgehead atoms. The van der Waals surface area contributed by atoms with Crippen molar-refractivity contribution < 1.29 is 0 Å². The molecule has 0 saturated heterocycles. The van der Waals surface area contributed by atoms with E-state index in [1.54, 1.807) is 18.6 Å². The average molecular weight is 116 g/mol. The number of nitrogens with zero attached hydrogens (tertiary/aromatic N) is 2. The Bertz CT molecular complexity index is 244. The highest BCUT2D eigenvalue weighted by Gasteiger charge is 2.07. The van der Waals surface area contributed by atoms with E-state index in [9.17, 15) is 0 Å². The van der Waals surface area contributed by atoms with Crippen LogP contribution in [0, 0.1) is 6.54 Å². The number of hydrogen-bond donors (Lipinski definition) is 0. The van der Waals surface area contributed by atoms with Crippen molar-refractivity contribution in [3.05, 3.63) is 30.0 Å². The van der Waals surface area contributed by atoms with Gasteiger partial charge in [0, 0.05) is 29.8 Å². The highest BCUT2D eigenvalue weighted by molar-refractivity contribution is 6.02. The first-order chi connectivity index (χ1) is 4.47. The number of dihydropyridines is 1. The van der Waals surface area contributed by atoms with Gasteiger partial charge in [0.2, 0.25) is 0 Å². The maximum atomic E-state index is 3.94. The Morgan fingerprint density at radius 2 is 2.22 bits per heavy atom. The van der Waals surface area contributed by atoms with E-state index < -0.39 is 0 Å². The van der Waals surface area contributed by atoms with Crippen LogP contribution in [-0.4, -0.2) is 12.4 Å². The molecule has 0 saturated carbocycles. The highest BCUT2D eigenvalue weighted by Crippen LogP contribution is 2.15. The Morgan fingerprint density at radius 1 is 1.22 bits per heavy atom. The molecule has 2 nitrogen and oxygen atoms in total. The van der Waals surface area contributed by atoms with Crippen LogP contribution in [0.5, 0.6) is 0 Å². The van der Waals surface area contributed by atoms with Gasteiger partial charge in [-0.25, -0.2) is 0 Å². The normalized spacial score (nSPS) is 21.3. The minimum atomic E-state index is 1.08. The molecule has 2 aliphatic heterocycles. The first-order valence-electron chi connectivity index (χ1n) is 2.69. The Hall–Kier alpha value is -1.18. The lowest BCUT2D eigenvalue weighted by Crippen LogP contribution is -1.92. The third kappa shape index (κ3) is 0.633. The third-order valence-electron chi connectivity index (χ3n) is 1.26. The summed E-state index contributed by atoms with van der Waals surface area (Å²) in [5, 5.41) is 0. The molecule has 0 aliphatic carbocycles. The molecular formula is C7H4N2. The van der Waals surface area contributed by atoms with E-state index in [4.69, 9.17) is 0 Å². The lowest BCUT2D eigenvalue weighted by atomic mass is 10.1. The topological polar surface area (TPSA) is 24.7 Å². The van der Waals surface area contributed by atoms with E-state index in [-0.39, 0.29) is 0 Å². The van der Waals surface area contributed by atoms with Gasteiger partial charge in [-0.05, 0) is 6.08 Å². The molecule has 0 spiro atoms. The molecular weight excluding hydrogens is 112 g/mol. The Labute approximate surface area is 53.3 Å². The van der Waals surface area contributed by atoms with Gasteiger partial charge in [0.1, 0.15) is 6.54 Å². The van der Waals surface area contributed by atoms with Crippen LogP contribution >= 0.6 is 0 Å². The van der Waals surface area contributed by atoms with E-state index in [2.05, 4.69) is 16.5 Å². The predicted molar refractivity (Wildman–Crippen MR) is 36.4 cm³/mol. The van der Waals surface area contributed by atoms with Gasteiger partial charge in [-0.3, -0.25) is 9.98 Å². The summed E-state index contributed by atoms with van der Waals surface area (Å²) in [6.07, 6.45) is 7.16. The van der Waals surface area contributed by atoms with Gasteiger partial charge in [0.25, 0.3) is 0 Å². The van der Waals surface area contributed by atoms with Crippen LogP contribution in [0.4, 0.5) is 0 Å². The van der Waals surface area contributed by atoms with Crippen LogP contribution in [0.15, 0.2) is 33.4 Å². The standard InChI is InChI=1S/C7H4N2/c1-2-8-4-7-5-9-3-6(1)7/h1,3-5H. The van der Waals surface area contributed by atoms with Crippen LogP contribution in [0.3, 0.4) is 0 Å². The molecule has 0 aromatic heterocycles. The fraction of sp³-hybridized carbons (Fsp3) is 0. The fourth-order valence-corrected chi connectivity index (χ4v) is 0.789. The summed E-state index contributed by atoms with van der Waals surface area (Å²) in [5.41, 5.74) is 2.18. The van der Waals surface area contributed by atoms with Crippen molar-refractivity contribution in [2.75, 3.05) is 0 Å². The fourth-order valence-electron chi connectivity index (χ4n) is 0.789. The zero-order chi connectivity index (χ0) is 6.10. The zero-order valence-corrected chi connectivity index (χ0v) is 4.70. The molecule has 2 heterocycles. The molecule has 9 heavy (non-hydrogen) atoms. The van der Waals surface area contributed by atoms with Gasteiger partial charge in [-0.2, -0.15) is 0 Å². The molecule has 0 fully saturated rings. The van der Waals surface area contributed by atoms with Crippen LogP contribution in [0.1, 0.15) is 0 Å². The summed E-state index contributed by atoms with van der Waals surface area (Å²) in [7, 11) is 0. The largest absolute Gasteiger partial charge is 0.276 e. The van der Waals surface area contributed by atoms with Gasteiger partial charge in [0.05, 0.1) is 0 Å². The number of hydrogen-bond acceptors (Lipinski definition) is 2. The predicted octanol–water partition coefficient (Wildman–Crippen LogP) is 1.00. The number of rotatable bonds is 0. The highest BCUT2D eigenvalue weighted by atomic mass is 14.8. The van der Waals surface area contributed by atoms with Gasteiger partial charge in [-0.15, -0.1) is 0 Å². The quantitative estimate of drug-likeness (QED) is 0.451. The van der Waals surface area contributed by atoms with Crippen molar-refractivity contribution in [2.24, 2.45) is 9.98 Å².